The first-order chi connectivity index (χ1) is 16.8. The Morgan fingerprint density at radius 1 is 1.00 bits per heavy atom. The molecule has 0 saturated heterocycles. The van der Waals surface area contributed by atoms with Gasteiger partial charge in [0.25, 0.3) is 5.91 Å². The molecule has 3 aromatic rings. The first-order valence-electron chi connectivity index (χ1n) is 11.5. The highest BCUT2D eigenvalue weighted by molar-refractivity contribution is 6.38. The zero-order valence-electron chi connectivity index (χ0n) is 19.8. The van der Waals surface area contributed by atoms with Crippen molar-refractivity contribution in [1.82, 2.24) is 4.90 Å². The highest BCUT2D eigenvalue weighted by atomic mass is 35.5. The molecular weight excluding hydrogens is 462 g/mol. The fourth-order valence-electron chi connectivity index (χ4n) is 4.06. The molecule has 0 atom stereocenters. The standard InChI is InChI=1S/C28H28ClN3O3/c1-32(2)15-14-19-4-3-5-22(16-19)30-27(20-9-6-18(7-10-20)8-13-25(33)34)26-23-12-11-21(29)17-24(23)31-28(26)35/h3-7,9-12,16-17,30H,8,13-15H2,1-2H3,(H,31,35)(H,33,34). The lowest BCUT2D eigenvalue weighted by Crippen LogP contribution is -2.15. The molecule has 6 nitrogen and oxygen atoms in total. The molecule has 0 aromatic heterocycles. The summed E-state index contributed by atoms with van der Waals surface area (Å²) < 4.78 is 0. The number of aliphatic carboxylic acids is 1. The summed E-state index contributed by atoms with van der Waals surface area (Å²) in [5, 5.41) is 16.0. The number of benzene rings is 3. The Kier molecular flexibility index (Phi) is 7.54. The van der Waals surface area contributed by atoms with Gasteiger partial charge in [-0.05, 0) is 67.9 Å². The number of aryl methyl sites for hydroxylation is 1. The molecule has 0 aliphatic carbocycles. The molecule has 1 amide bonds. The number of carboxylic acids is 1. The Labute approximate surface area is 210 Å². The second kappa shape index (κ2) is 10.8. The van der Waals surface area contributed by atoms with Crippen LogP contribution in [-0.2, 0) is 22.4 Å². The molecule has 1 aliphatic rings. The Bertz CT molecular complexity index is 1280. The molecule has 35 heavy (non-hydrogen) atoms. The van der Waals surface area contributed by atoms with Crippen molar-refractivity contribution in [3.63, 3.8) is 0 Å². The molecule has 0 bridgehead atoms. The van der Waals surface area contributed by atoms with Crippen molar-refractivity contribution < 1.29 is 14.7 Å². The first kappa shape index (κ1) is 24.5. The van der Waals surface area contributed by atoms with Crippen LogP contribution < -0.4 is 10.6 Å². The number of fused-ring (bicyclic) bond motifs is 1. The number of anilines is 2. The third-order valence-corrected chi connectivity index (χ3v) is 6.13. The number of amides is 1. The maximum atomic E-state index is 13.1. The van der Waals surface area contributed by atoms with Crippen LogP contribution in [0.1, 0.15) is 28.7 Å². The summed E-state index contributed by atoms with van der Waals surface area (Å²) in [6.45, 7) is 0.936. The van der Waals surface area contributed by atoms with Crippen LogP contribution in [0.4, 0.5) is 11.4 Å². The van der Waals surface area contributed by atoms with Crippen LogP contribution in [0.3, 0.4) is 0 Å². The van der Waals surface area contributed by atoms with Gasteiger partial charge in [0.15, 0.2) is 0 Å². The van der Waals surface area contributed by atoms with E-state index in [9.17, 15) is 9.59 Å². The molecule has 3 N–H and O–H groups in total. The van der Waals surface area contributed by atoms with E-state index in [1.807, 2.05) is 56.6 Å². The Morgan fingerprint density at radius 3 is 2.49 bits per heavy atom. The van der Waals surface area contributed by atoms with Gasteiger partial charge in [0, 0.05) is 29.2 Å². The van der Waals surface area contributed by atoms with Gasteiger partial charge in [0.2, 0.25) is 0 Å². The van der Waals surface area contributed by atoms with E-state index in [1.165, 1.54) is 5.56 Å². The minimum atomic E-state index is -0.828. The average molecular weight is 490 g/mol. The zero-order valence-corrected chi connectivity index (χ0v) is 20.5. The van der Waals surface area contributed by atoms with Gasteiger partial charge in [0.1, 0.15) is 0 Å². The van der Waals surface area contributed by atoms with Gasteiger partial charge in [-0.3, -0.25) is 9.59 Å². The number of rotatable bonds is 9. The molecule has 0 spiro atoms. The Balaban J connectivity index is 1.74. The number of hydrogen-bond donors (Lipinski definition) is 3. The van der Waals surface area contributed by atoms with E-state index in [-0.39, 0.29) is 12.3 Å². The van der Waals surface area contributed by atoms with Gasteiger partial charge in [-0.25, -0.2) is 0 Å². The van der Waals surface area contributed by atoms with E-state index in [0.29, 0.717) is 28.4 Å². The Hall–Kier alpha value is -3.61. The van der Waals surface area contributed by atoms with E-state index < -0.39 is 5.97 Å². The van der Waals surface area contributed by atoms with E-state index in [4.69, 9.17) is 16.7 Å². The third-order valence-electron chi connectivity index (χ3n) is 5.89. The molecule has 1 aliphatic heterocycles. The van der Waals surface area contributed by atoms with E-state index >= 15 is 0 Å². The number of likely N-dealkylation sites (N-methyl/N-ethyl adjacent to an activating group) is 1. The van der Waals surface area contributed by atoms with Crippen LogP contribution in [0.25, 0.3) is 11.3 Å². The van der Waals surface area contributed by atoms with Crippen LogP contribution in [0.5, 0.6) is 0 Å². The first-order valence-corrected chi connectivity index (χ1v) is 11.9. The van der Waals surface area contributed by atoms with Crippen LogP contribution in [0.2, 0.25) is 5.02 Å². The monoisotopic (exact) mass is 489 g/mol. The van der Waals surface area contributed by atoms with Crippen molar-refractivity contribution in [3.05, 3.63) is 94.0 Å². The quantitative estimate of drug-likeness (QED) is 0.351. The van der Waals surface area contributed by atoms with Crippen molar-refractivity contribution in [2.75, 3.05) is 31.3 Å². The van der Waals surface area contributed by atoms with Crippen LogP contribution >= 0.6 is 11.6 Å². The topological polar surface area (TPSA) is 81.7 Å². The summed E-state index contributed by atoms with van der Waals surface area (Å²) in [6, 6.07) is 21.2. The molecule has 0 saturated carbocycles. The van der Waals surface area contributed by atoms with Gasteiger partial charge >= 0.3 is 5.97 Å². The number of halogens is 1. The summed E-state index contributed by atoms with van der Waals surface area (Å²) in [6.07, 6.45) is 1.43. The van der Waals surface area contributed by atoms with Crippen molar-refractivity contribution in [3.8, 4) is 0 Å². The number of nitrogens with zero attached hydrogens (tertiary/aromatic N) is 1. The molecule has 4 rings (SSSR count). The van der Waals surface area contributed by atoms with Gasteiger partial charge in [-0.15, -0.1) is 0 Å². The molecular formula is C28H28ClN3O3. The van der Waals surface area contributed by atoms with E-state index in [2.05, 4.69) is 27.7 Å². The minimum Gasteiger partial charge on any atom is -0.481 e. The summed E-state index contributed by atoms with van der Waals surface area (Å²) in [7, 11) is 4.10. The molecule has 180 valence electrons. The molecule has 0 unspecified atom stereocenters. The number of carbonyl (C=O) groups is 2. The van der Waals surface area contributed by atoms with Crippen LogP contribution in [0.15, 0.2) is 66.7 Å². The number of carboxylic acid groups (broad SMARTS) is 1. The van der Waals surface area contributed by atoms with Gasteiger partial charge in [-0.1, -0.05) is 54.1 Å². The predicted octanol–water partition coefficient (Wildman–Crippen LogP) is 5.39. The normalized spacial score (nSPS) is 14.0. The maximum absolute atomic E-state index is 13.1. The molecule has 7 heteroatoms. The van der Waals surface area contributed by atoms with Crippen LogP contribution in [0, 0.1) is 0 Å². The van der Waals surface area contributed by atoms with Gasteiger partial charge < -0.3 is 20.6 Å². The highest BCUT2D eigenvalue weighted by Crippen LogP contribution is 2.39. The largest absolute Gasteiger partial charge is 0.481 e. The molecule has 1 heterocycles. The third kappa shape index (κ3) is 6.10. The van der Waals surface area contributed by atoms with Crippen molar-refractivity contribution in [1.29, 1.82) is 0 Å². The zero-order chi connectivity index (χ0) is 24.9. The van der Waals surface area contributed by atoms with Gasteiger partial charge in [0.05, 0.1) is 17.0 Å². The minimum absolute atomic E-state index is 0.0713. The lowest BCUT2D eigenvalue weighted by Gasteiger charge is -2.16. The SMILES string of the molecule is CN(C)CCc1cccc(NC(=C2C(=O)Nc3cc(Cl)ccc32)c2ccc(CCC(=O)O)cc2)c1. The number of hydrogen-bond acceptors (Lipinski definition) is 4. The number of carbonyl (C=O) groups excluding carboxylic acids is 1. The van der Waals surface area contributed by atoms with E-state index in [1.54, 1.807) is 12.1 Å². The lowest BCUT2D eigenvalue weighted by atomic mass is 9.98. The highest BCUT2D eigenvalue weighted by Gasteiger charge is 2.28. The summed E-state index contributed by atoms with van der Waals surface area (Å²) in [4.78, 5) is 26.2. The second-order valence-corrected chi connectivity index (χ2v) is 9.30. The second-order valence-electron chi connectivity index (χ2n) is 8.86. The fourth-order valence-corrected chi connectivity index (χ4v) is 4.24. The summed E-state index contributed by atoms with van der Waals surface area (Å²) in [5.74, 6) is -1.03. The van der Waals surface area contributed by atoms with Crippen molar-refractivity contribution >= 4 is 46.1 Å². The smallest absolute Gasteiger partial charge is 0.303 e. The van der Waals surface area contributed by atoms with Crippen molar-refractivity contribution in [2.24, 2.45) is 0 Å². The summed E-state index contributed by atoms with van der Waals surface area (Å²) >= 11 is 6.16. The fraction of sp³-hybridized carbons (Fsp3) is 0.214. The van der Waals surface area contributed by atoms with E-state index in [0.717, 1.165) is 35.3 Å². The van der Waals surface area contributed by atoms with Crippen LogP contribution in [-0.4, -0.2) is 42.5 Å². The summed E-state index contributed by atoms with van der Waals surface area (Å²) in [5.41, 5.74) is 6.50. The van der Waals surface area contributed by atoms with Crippen molar-refractivity contribution in [2.45, 2.75) is 19.3 Å². The predicted molar refractivity (Wildman–Crippen MR) is 142 cm³/mol. The lowest BCUT2D eigenvalue weighted by molar-refractivity contribution is -0.137. The maximum Gasteiger partial charge on any atom is 0.303 e. The average Bonchev–Trinajstić information content (AvgIpc) is 3.15. The molecule has 3 aromatic carbocycles. The van der Waals surface area contributed by atoms with Gasteiger partial charge in [-0.2, -0.15) is 0 Å². The molecule has 0 radical (unpaired) electrons. The molecule has 0 fully saturated rings. The number of nitrogens with one attached hydrogen (secondary N) is 2. The Morgan fingerprint density at radius 2 is 1.77 bits per heavy atom.